The van der Waals surface area contributed by atoms with Crippen LogP contribution in [0.2, 0.25) is 0 Å². The Labute approximate surface area is 156 Å². The summed E-state index contributed by atoms with van der Waals surface area (Å²) in [6.07, 6.45) is 6.43. The summed E-state index contributed by atoms with van der Waals surface area (Å²) in [5, 5.41) is 10.0. The summed E-state index contributed by atoms with van der Waals surface area (Å²) >= 11 is 1.57. The summed E-state index contributed by atoms with van der Waals surface area (Å²) in [6.45, 7) is 1.31. The number of rotatable bonds is 3. The quantitative estimate of drug-likeness (QED) is 0.850. The summed E-state index contributed by atoms with van der Waals surface area (Å²) in [4.78, 5) is 19.5. The van der Waals surface area contributed by atoms with E-state index in [9.17, 15) is 13.2 Å². The van der Waals surface area contributed by atoms with Crippen molar-refractivity contribution in [2.24, 2.45) is 0 Å². The average Bonchev–Trinajstić information content (AvgIpc) is 3.29. The number of thiazole rings is 1. The maximum atomic E-state index is 13.2. The molecule has 2 aromatic heterocycles. The number of aromatic amines is 1. The normalized spacial score (nSPS) is 21.6. The lowest BCUT2D eigenvalue weighted by Gasteiger charge is -2.34. The van der Waals surface area contributed by atoms with Crippen LogP contribution in [0.25, 0.3) is 0 Å². The molecule has 26 heavy (non-hydrogen) atoms. The van der Waals surface area contributed by atoms with Crippen molar-refractivity contribution in [3.05, 3.63) is 33.5 Å². The predicted molar refractivity (Wildman–Crippen MR) is 97.3 cm³/mol. The number of carbonyl (C=O) groups excluding carboxylic acids is 1. The van der Waals surface area contributed by atoms with Gasteiger partial charge in [-0.2, -0.15) is 9.40 Å². The average molecular weight is 396 g/mol. The second kappa shape index (κ2) is 6.75. The molecule has 4 rings (SSSR count). The fourth-order valence-electron chi connectivity index (χ4n) is 3.72. The highest BCUT2D eigenvalue weighted by molar-refractivity contribution is 7.88. The first-order chi connectivity index (χ1) is 12.4. The van der Waals surface area contributed by atoms with Crippen LogP contribution in [-0.2, 0) is 23.0 Å². The third kappa shape index (κ3) is 3.17. The number of likely N-dealkylation sites (tertiary alicyclic amines) is 1. The number of aromatic nitrogens is 3. The molecule has 0 saturated carbocycles. The Balaban J connectivity index is 1.60. The van der Waals surface area contributed by atoms with E-state index in [0.717, 1.165) is 29.8 Å². The molecule has 1 fully saturated rings. The van der Waals surface area contributed by atoms with Crippen molar-refractivity contribution >= 4 is 27.3 Å². The molecule has 2 aliphatic heterocycles. The summed E-state index contributed by atoms with van der Waals surface area (Å²) in [5.74, 6) is -0.0878. The second-order valence-corrected chi connectivity index (χ2v) is 9.66. The van der Waals surface area contributed by atoms with Crippen LogP contribution in [0.3, 0.4) is 0 Å². The zero-order valence-electron chi connectivity index (χ0n) is 14.5. The van der Waals surface area contributed by atoms with Gasteiger partial charge in [-0.3, -0.25) is 9.89 Å². The van der Waals surface area contributed by atoms with Gasteiger partial charge in [0.1, 0.15) is 5.01 Å². The molecule has 2 aliphatic rings. The summed E-state index contributed by atoms with van der Waals surface area (Å²) in [6, 6.07) is -0.000270. The van der Waals surface area contributed by atoms with Crippen LogP contribution in [0.1, 0.15) is 52.1 Å². The molecule has 0 radical (unpaired) electrons. The standard InChI is InChI=1S/C16H21N5O3S2/c1-26(23,24)20-8-5-11-12(10-20)18-19-14(11)16(22)21-7-3-2-4-13(21)15-17-6-9-25-15/h6,9,13H,2-5,7-8,10H2,1H3,(H,18,19). The Morgan fingerprint density at radius 1 is 1.35 bits per heavy atom. The number of carbonyl (C=O) groups is 1. The third-order valence-electron chi connectivity index (χ3n) is 5.07. The number of H-pyrrole nitrogens is 1. The lowest BCUT2D eigenvalue weighted by atomic mass is 10.00. The summed E-state index contributed by atoms with van der Waals surface area (Å²) in [5.41, 5.74) is 1.99. The van der Waals surface area contributed by atoms with Gasteiger partial charge in [0, 0.05) is 30.2 Å². The highest BCUT2D eigenvalue weighted by atomic mass is 32.2. The van der Waals surface area contributed by atoms with Crippen LogP contribution in [0, 0.1) is 0 Å². The van der Waals surface area contributed by atoms with E-state index in [1.54, 1.807) is 17.5 Å². The minimum atomic E-state index is -3.26. The fraction of sp³-hybridized carbons (Fsp3) is 0.562. The van der Waals surface area contributed by atoms with Gasteiger partial charge in [0.15, 0.2) is 5.69 Å². The molecule has 1 saturated heterocycles. The Kier molecular flexibility index (Phi) is 4.57. The molecule has 0 aromatic carbocycles. The molecular formula is C16H21N5O3S2. The fourth-order valence-corrected chi connectivity index (χ4v) is 5.29. The van der Waals surface area contributed by atoms with Crippen LogP contribution in [0.4, 0.5) is 0 Å². The van der Waals surface area contributed by atoms with Gasteiger partial charge in [-0.15, -0.1) is 11.3 Å². The number of nitrogens with one attached hydrogen (secondary N) is 1. The lowest BCUT2D eigenvalue weighted by molar-refractivity contribution is 0.0603. The van der Waals surface area contributed by atoms with Crippen molar-refractivity contribution in [3.8, 4) is 0 Å². The Morgan fingerprint density at radius 2 is 2.19 bits per heavy atom. The Hall–Kier alpha value is -1.78. The van der Waals surface area contributed by atoms with Gasteiger partial charge in [0.2, 0.25) is 10.0 Å². The van der Waals surface area contributed by atoms with Crippen molar-refractivity contribution in [1.82, 2.24) is 24.4 Å². The van der Waals surface area contributed by atoms with E-state index < -0.39 is 10.0 Å². The minimum Gasteiger partial charge on any atom is -0.328 e. The maximum absolute atomic E-state index is 13.2. The van der Waals surface area contributed by atoms with Crippen molar-refractivity contribution in [3.63, 3.8) is 0 Å². The first kappa shape index (κ1) is 17.6. The van der Waals surface area contributed by atoms with E-state index in [2.05, 4.69) is 15.2 Å². The molecule has 0 aliphatic carbocycles. The molecule has 4 heterocycles. The number of sulfonamides is 1. The minimum absolute atomic E-state index is 0.000270. The first-order valence-electron chi connectivity index (χ1n) is 8.66. The van der Waals surface area contributed by atoms with E-state index in [1.807, 2.05) is 10.3 Å². The smallest absolute Gasteiger partial charge is 0.275 e. The van der Waals surface area contributed by atoms with Crippen LogP contribution in [0.15, 0.2) is 11.6 Å². The largest absolute Gasteiger partial charge is 0.328 e. The molecule has 1 atom stereocenters. The topological polar surface area (TPSA) is 99.3 Å². The number of fused-ring (bicyclic) bond motifs is 1. The van der Waals surface area contributed by atoms with Crippen molar-refractivity contribution in [1.29, 1.82) is 0 Å². The van der Waals surface area contributed by atoms with E-state index in [1.165, 1.54) is 10.6 Å². The SMILES string of the molecule is CS(=O)(=O)N1CCc2c(C(=O)N3CCCCC3c3nccs3)n[nH]c2C1. The number of hydrogen-bond donors (Lipinski definition) is 1. The van der Waals surface area contributed by atoms with Crippen LogP contribution < -0.4 is 0 Å². The molecular weight excluding hydrogens is 374 g/mol. The second-order valence-electron chi connectivity index (χ2n) is 6.76. The third-order valence-corrected chi connectivity index (χ3v) is 7.20. The molecule has 8 nitrogen and oxygen atoms in total. The van der Waals surface area contributed by atoms with Gasteiger partial charge in [0.05, 0.1) is 24.5 Å². The van der Waals surface area contributed by atoms with Crippen molar-refractivity contribution in [2.45, 2.75) is 38.3 Å². The lowest BCUT2D eigenvalue weighted by Crippen LogP contribution is -2.40. The van der Waals surface area contributed by atoms with E-state index in [-0.39, 0.29) is 18.5 Å². The highest BCUT2D eigenvalue weighted by Crippen LogP contribution is 2.34. The van der Waals surface area contributed by atoms with Gasteiger partial charge >= 0.3 is 0 Å². The van der Waals surface area contributed by atoms with Crippen LogP contribution in [0.5, 0.6) is 0 Å². The van der Waals surface area contributed by atoms with Gasteiger partial charge in [-0.1, -0.05) is 0 Å². The van der Waals surface area contributed by atoms with Crippen molar-refractivity contribution < 1.29 is 13.2 Å². The summed E-state index contributed by atoms with van der Waals surface area (Å²) < 4.78 is 24.9. The van der Waals surface area contributed by atoms with Gasteiger partial charge in [0.25, 0.3) is 5.91 Å². The predicted octanol–water partition coefficient (Wildman–Crippen LogP) is 1.55. The molecule has 1 N–H and O–H groups in total. The maximum Gasteiger partial charge on any atom is 0.275 e. The van der Waals surface area contributed by atoms with Gasteiger partial charge in [-0.05, 0) is 25.7 Å². The number of piperidine rings is 1. The zero-order chi connectivity index (χ0) is 18.3. The van der Waals surface area contributed by atoms with Gasteiger partial charge < -0.3 is 4.90 Å². The van der Waals surface area contributed by atoms with Gasteiger partial charge in [-0.25, -0.2) is 13.4 Å². The van der Waals surface area contributed by atoms with Crippen LogP contribution >= 0.6 is 11.3 Å². The monoisotopic (exact) mass is 395 g/mol. The summed E-state index contributed by atoms with van der Waals surface area (Å²) in [7, 11) is -3.26. The van der Waals surface area contributed by atoms with E-state index >= 15 is 0 Å². The molecule has 1 amide bonds. The molecule has 140 valence electrons. The Bertz CT molecular complexity index is 906. The first-order valence-corrected chi connectivity index (χ1v) is 11.4. The highest BCUT2D eigenvalue weighted by Gasteiger charge is 2.35. The van der Waals surface area contributed by atoms with E-state index in [4.69, 9.17) is 0 Å². The number of amides is 1. The molecule has 0 bridgehead atoms. The van der Waals surface area contributed by atoms with E-state index in [0.29, 0.717) is 30.9 Å². The number of nitrogens with zero attached hydrogens (tertiary/aromatic N) is 4. The molecule has 2 aromatic rings. The molecule has 0 spiro atoms. The van der Waals surface area contributed by atoms with Crippen LogP contribution in [-0.4, -0.2) is 58.1 Å². The number of hydrogen-bond acceptors (Lipinski definition) is 6. The zero-order valence-corrected chi connectivity index (χ0v) is 16.1. The molecule has 10 heteroatoms. The molecule has 1 unspecified atom stereocenters. The Morgan fingerprint density at radius 3 is 2.92 bits per heavy atom. The van der Waals surface area contributed by atoms with Crippen molar-refractivity contribution in [2.75, 3.05) is 19.3 Å².